The molecule has 0 unspecified atom stereocenters. The monoisotopic (exact) mass is 200 g/mol. The number of ether oxygens (including phenoxy) is 2. The van der Waals surface area contributed by atoms with Crippen molar-refractivity contribution in [1.29, 1.82) is 0 Å². The molecule has 0 amide bonds. The minimum absolute atomic E-state index is 0.110. The highest BCUT2D eigenvalue weighted by atomic mass is 16.5. The van der Waals surface area contributed by atoms with Gasteiger partial charge in [-0.3, -0.25) is 4.79 Å². The van der Waals surface area contributed by atoms with Crippen LogP contribution < -0.4 is 0 Å². The summed E-state index contributed by atoms with van der Waals surface area (Å²) in [7, 11) is 0. The molecule has 0 radical (unpaired) electrons. The van der Waals surface area contributed by atoms with E-state index >= 15 is 0 Å². The molecule has 0 aromatic rings. The summed E-state index contributed by atoms with van der Waals surface area (Å²) < 4.78 is 9.43. The van der Waals surface area contributed by atoms with Crippen LogP contribution in [0.5, 0.6) is 0 Å². The number of esters is 2. The van der Waals surface area contributed by atoms with Crippen LogP contribution in [0.25, 0.3) is 0 Å². The van der Waals surface area contributed by atoms with Crippen LogP contribution in [-0.2, 0) is 19.1 Å². The third-order valence-corrected chi connectivity index (χ3v) is 1.48. The Morgan fingerprint density at radius 3 is 2.21 bits per heavy atom. The van der Waals surface area contributed by atoms with E-state index in [0.717, 1.165) is 0 Å². The van der Waals surface area contributed by atoms with Crippen LogP contribution in [0.2, 0.25) is 0 Å². The highest BCUT2D eigenvalue weighted by Gasteiger charge is 2.05. The molecule has 0 aromatic carbocycles. The van der Waals surface area contributed by atoms with E-state index in [0.29, 0.717) is 18.8 Å². The van der Waals surface area contributed by atoms with Crippen molar-refractivity contribution in [2.75, 3.05) is 13.2 Å². The van der Waals surface area contributed by atoms with Gasteiger partial charge in [0.25, 0.3) is 0 Å². The van der Waals surface area contributed by atoms with E-state index in [1.807, 2.05) is 0 Å². The highest BCUT2D eigenvalue weighted by Crippen LogP contribution is 1.99. The lowest BCUT2D eigenvalue weighted by molar-refractivity contribution is -0.142. The molecule has 0 fully saturated rings. The summed E-state index contributed by atoms with van der Waals surface area (Å²) in [6.07, 6.45) is 1.62. The van der Waals surface area contributed by atoms with E-state index < -0.39 is 5.97 Å². The van der Waals surface area contributed by atoms with Gasteiger partial charge in [-0.2, -0.15) is 0 Å². The normalized spacial score (nSPS) is 10.9. The maximum atomic E-state index is 11.1. The van der Waals surface area contributed by atoms with Crippen molar-refractivity contribution in [2.45, 2.75) is 27.2 Å². The number of carbonyl (C=O) groups is 2. The van der Waals surface area contributed by atoms with Gasteiger partial charge in [0, 0.05) is 5.57 Å². The molecule has 0 aliphatic carbocycles. The zero-order chi connectivity index (χ0) is 11.0. The first kappa shape index (κ1) is 12.7. The number of hydrogen-bond acceptors (Lipinski definition) is 4. The smallest absolute Gasteiger partial charge is 0.333 e. The second kappa shape index (κ2) is 7.12. The molecule has 0 spiro atoms. The SMILES string of the molecule is CCOC(=O)C/C=C(\C)C(=O)OCC. The third kappa shape index (κ3) is 5.35. The molecule has 14 heavy (non-hydrogen) atoms. The Morgan fingerprint density at radius 1 is 1.14 bits per heavy atom. The Bertz CT molecular complexity index is 230. The average molecular weight is 200 g/mol. The van der Waals surface area contributed by atoms with E-state index in [9.17, 15) is 9.59 Å². The second-order valence-electron chi connectivity index (χ2n) is 2.62. The fourth-order valence-corrected chi connectivity index (χ4v) is 0.785. The Kier molecular flexibility index (Phi) is 6.45. The molecule has 0 atom stereocenters. The summed E-state index contributed by atoms with van der Waals surface area (Å²) >= 11 is 0. The Morgan fingerprint density at radius 2 is 1.71 bits per heavy atom. The molecule has 0 rings (SSSR count). The third-order valence-electron chi connectivity index (χ3n) is 1.48. The molecule has 80 valence electrons. The minimum Gasteiger partial charge on any atom is -0.466 e. The molecule has 0 aliphatic heterocycles. The van der Waals surface area contributed by atoms with Gasteiger partial charge in [-0.1, -0.05) is 6.08 Å². The molecule has 0 aromatic heterocycles. The quantitative estimate of drug-likeness (QED) is 0.498. The van der Waals surface area contributed by atoms with Gasteiger partial charge in [-0.15, -0.1) is 0 Å². The molecule has 4 nitrogen and oxygen atoms in total. The van der Waals surface area contributed by atoms with Crippen molar-refractivity contribution in [2.24, 2.45) is 0 Å². The van der Waals surface area contributed by atoms with E-state index in [1.165, 1.54) is 6.08 Å². The first-order valence-corrected chi connectivity index (χ1v) is 4.61. The molecule has 0 aliphatic rings. The van der Waals surface area contributed by atoms with Gasteiger partial charge in [0.2, 0.25) is 0 Å². The van der Waals surface area contributed by atoms with Crippen LogP contribution in [-0.4, -0.2) is 25.2 Å². The van der Waals surface area contributed by atoms with Crippen LogP contribution in [0.15, 0.2) is 11.6 Å². The van der Waals surface area contributed by atoms with Crippen LogP contribution >= 0.6 is 0 Å². The van der Waals surface area contributed by atoms with Crippen LogP contribution in [0.1, 0.15) is 27.2 Å². The molecule has 4 heteroatoms. The standard InChI is InChI=1S/C10H16O4/c1-4-13-9(11)7-6-8(3)10(12)14-5-2/h6H,4-5,7H2,1-3H3/b8-6+. The first-order chi connectivity index (χ1) is 6.61. The van der Waals surface area contributed by atoms with Gasteiger partial charge < -0.3 is 9.47 Å². The van der Waals surface area contributed by atoms with Gasteiger partial charge >= 0.3 is 11.9 Å². The van der Waals surface area contributed by atoms with E-state index in [1.54, 1.807) is 20.8 Å². The largest absolute Gasteiger partial charge is 0.466 e. The average Bonchev–Trinajstić information content (AvgIpc) is 2.15. The first-order valence-electron chi connectivity index (χ1n) is 4.61. The minimum atomic E-state index is -0.392. The molecule has 0 saturated heterocycles. The summed E-state index contributed by atoms with van der Waals surface area (Å²) in [5.41, 5.74) is 0.430. The van der Waals surface area contributed by atoms with E-state index in [4.69, 9.17) is 9.47 Å². The predicted octanol–water partition coefficient (Wildman–Crippen LogP) is 1.45. The molecule has 0 N–H and O–H groups in total. The van der Waals surface area contributed by atoms with Gasteiger partial charge in [-0.05, 0) is 20.8 Å². The van der Waals surface area contributed by atoms with Gasteiger partial charge in [0.05, 0.1) is 19.6 Å². The van der Waals surface area contributed by atoms with Crippen LogP contribution in [0.3, 0.4) is 0 Å². The maximum absolute atomic E-state index is 11.1. The molecule has 0 heterocycles. The summed E-state index contributed by atoms with van der Waals surface area (Å²) in [6, 6.07) is 0. The Hall–Kier alpha value is -1.32. The molecular weight excluding hydrogens is 184 g/mol. The van der Waals surface area contributed by atoms with E-state index in [2.05, 4.69) is 0 Å². The Balaban J connectivity index is 3.98. The zero-order valence-electron chi connectivity index (χ0n) is 8.83. The van der Waals surface area contributed by atoms with Crippen molar-refractivity contribution >= 4 is 11.9 Å². The lowest BCUT2D eigenvalue weighted by Crippen LogP contribution is -2.07. The van der Waals surface area contributed by atoms with Crippen molar-refractivity contribution in [3.05, 3.63) is 11.6 Å². The molecule has 0 bridgehead atoms. The topological polar surface area (TPSA) is 52.6 Å². The summed E-state index contributed by atoms with van der Waals surface area (Å²) in [5, 5.41) is 0. The van der Waals surface area contributed by atoms with Gasteiger partial charge in [-0.25, -0.2) is 4.79 Å². The van der Waals surface area contributed by atoms with Crippen LogP contribution in [0, 0.1) is 0 Å². The Labute approximate surface area is 83.9 Å². The summed E-state index contributed by atoms with van der Waals surface area (Å²) in [4.78, 5) is 22.0. The van der Waals surface area contributed by atoms with Gasteiger partial charge in [0.15, 0.2) is 0 Å². The van der Waals surface area contributed by atoms with E-state index in [-0.39, 0.29) is 12.4 Å². The lowest BCUT2D eigenvalue weighted by Gasteiger charge is -2.01. The summed E-state index contributed by atoms with van der Waals surface area (Å²) in [6.45, 7) is 5.77. The van der Waals surface area contributed by atoms with Crippen molar-refractivity contribution < 1.29 is 19.1 Å². The lowest BCUT2D eigenvalue weighted by atomic mass is 10.2. The number of rotatable bonds is 5. The van der Waals surface area contributed by atoms with Crippen molar-refractivity contribution in [3.63, 3.8) is 0 Å². The highest BCUT2D eigenvalue weighted by molar-refractivity contribution is 5.88. The fourth-order valence-electron chi connectivity index (χ4n) is 0.785. The number of hydrogen-bond donors (Lipinski definition) is 0. The number of carbonyl (C=O) groups excluding carboxylic acids is 2. The molecule has 0 saturated carbocycles. The maximum Gasteiger partial charge on any atom is 0.333 e. The van der Waals surface area contributed by atoms with Crippen LogP contribution in [0.4, 0.5) is 0 Å². The summed E-state index contributed by atoms with van der Waals surface area (Å²) in [5.74, 6) is -0.729. The van der Waals surface area contributed by atoms with Gasteiger partial charge in [0.1, 0.15) is 0 Å². The fraction of sp³-hybridized carbons (Fsp3) is 0.600. The second-order valence-corrected chi connectivity index (χ2v) is 2.62. The molecular formula is C10H16O4. The van der Waals surface area contributed by atoms with Crippen molar-refractivity contribution in [3.8, 4) is 0 Å². The zero-order valence-corrected chi connectivity index (χ0v) is 8.83. The predicted molar refractivity (Wildman–Crippen MR) is 51.6 cm³/mol. The van der Waals surface area contributed by atoms with Crippen molar-refractivity contribution in [1.82, 2.24) is 0 Å².